The van der Waals surface area contributed by atoms with E-state index in [1.807, 2.05) is 169 Å². The van der Waals surface area contributed by atoms with Crippen molar-refractivity contribution in [1.29, 1.82) is 0 Å². The van der Waals surface area contributed by atoms with Crippen LogP contribution in [0.25, 0.3) is 0 Å². The molecule has 7 unspecified atom stereocenters. The lowest BCUT2D eigenvalue weighted by atomic mass is 10.1. The van der Waals surface area contributed by atoms with Gasteiger partial charge in [-0.1, -0.05) is 53.2 Å². The van der Waals surface area contributed by atoms with E-state index >= 15 is 0 Å². The van der Waals surface area contributed by atoms with E-state index in [1.165, 1.54) is 50.1 Å². The monoisotopic (exact) mass is 1740 g/mol. The molecule has 7 atom stereocenters. The van der Waals surface area contributed by atoms with Crippen molar-refractivity contribution in [2.45, 2.75) is 204 Å². The van der Waals surface area contributed by atoms with E-state index in [2.05, 4.69) is 191 Å². The van der Waals surface area contributed by atoms with Crippen LogP contribution in [0.4, 0.5) is 0 Å². The summed E-state index contributed by atoms with van der Waals surface area (Å²) in [5, 5.41) is 33.9. The smallest absolute Gasteiger partial charge is 0.225 e. The number of furan rings is 4. The van der Waals surface area contributed by atoms with Crippen LogP contribution in [0.15, 0.2) is 207 Å². The van der Waals surface area contributed by atoms with Crippen molar-refractivity contribution in [2.24, 2.45) is 98.6 Å². The first-order valence-electron chi connectivity index (χ1n) is 43.0. The van der Waals surface area contributed by atoms with Gasteiger partial charge in [-0.15, -0.1) is 0 Å². The van der Waals surface area contributed by atoms with Crippen molar-refractivity contribution in [3.8, 4) is 0 Å². The summed E-state index contributed by atoms with van der Waals surface area (Å²) in [5.74, 6) is 12.6. The highest BCUT2D eigenvalue weighted by atomic mass is 16.3. The number of hydrogen-bond acceptors (Lipinski definition) is 33. The normalized spacial score (nSPS) is 21.5. The Morgan fingerprint density at radius 2 is 0.881 bits per heavy atom. The number of allylic oxidation sites excluding steroid dienone is 9. The maximum absolute atomic E-state index is 5.70. The third-order valence-electron chi connectivity index (χ3n) is 20.4. The maximum atomic E-state index is 5.70. The molecule has 39 nitrogen and oxygen atoms in total. The lowest BCUT2D eigenvalue weighted by molar-refractivity contribution is 0.480. The topological polar surface area (TPSA) is 504 Å². The summed E-state index contributed by atoms with van der Waals surface area (Å²) in [4.78, 5) is 70.4. The molecule has 0 fully saturated rings. The Morgan fingerprint density at radius 3 is 1.38 bits per heavy atom. The van der Waals surface area contributed by atoms with Gasteiger partial charge in [0, 0.05) is 95.1 Å². The van der Waals surface area contributed by atoms with E-state index in [-0.39, 0.29) is 43.2 Å². The molecule has 0 aromatic carbocycles. The molecule has 126 heavy (non-hydrogen) atoms. The van der Waals surface area contributed by atoms with E-state index in [9.17, 15) is 0 Å². The van der Waals surface area contributed by atoms with Crippen LogP contribution < -0.4 is 87.2 Å². The molecule has 0 spiro atoms. The molecule has 0 bridgehead atoms. The molecule has 686 valence electrons. The summed E-state index contributed by atoms with van der Waals surface area (Å²) in [6.07, 6.45) is 30.2. The van der Waals surface area contributed by atoms with Gasteiger partial charge < -0.3 is 108 Å². The zero-order chi connectivity index (χ0) is 91.5. The molecule has 14 rings (SSSR count). The molecule has 21 N–H and O–H groups in total. The number of nitrogens with one attached hydrogen (secondary N) is 11. The van der Waals surface area contributed by atoms with E-state index in [0.29, 0.717) is 60.8 Å². The molecular formula is C87H139N35O4. The van der Waals surface area contributed by atoms with Gasteiger partial charge in [0.25, 0.3) is 0 Å². The first-order chi connectivity index (χ1) is 60.1. The SMILES string of the molecule is CC1=CCC=C1CCN(C)C1=NC(C)NC(N)=N1.CC1=CCC=C1CCN=C1N=C(N)NC(C)N1.CC1=CCC=C1CCNC1=NC(N(C)C)=NC(C)N1.Cc1cc(CCN(C)C2=NC(C)N=C(N)N2)co1.Cc1cc(CCN=C2NC(N)=NC(C)N2)co1.Cc1occc1CCN(C)C1=NC(C)N=C(N)N1.Cc1occc1CCN=C1NC(N(C)C)=NC(C)N1. The number of aryl methyl sites for hydroxylation is 4. The summed E-state index contributed by atoms with van der Waals surface area (Å²) in [7, 11) is 13.8. The number of likely N-dealkylation sites (N-methyl/N-ethyl adjacent to an activating group) is 2. The summed E-state index contributed by atoms with van der Waals surface area (Å²) >= 11 is 0. The van der Waals surface area contributed by atoms with E-state index in [0.717, 1.165) is 161 Å². The third kappa shape index (κ3) is 34.1. The predicted octanol–water partition coefficient (Wildman–Crippen LogP) is 6.18. The van der Waals surface area contributed by atoms with Crippen molar-refractivity contribution in [3.05, 3.63) is 165 Å². The van der Waals surface area contributed by atoms with Crippen LogP contribution in [-0.4, -0.2) is 246 Å². The Morgan fingerprint density at radius 1 is 0.405 bits per heavy atom. The van der Waals surface area contributed by atoms with Crippen molar-refractivity contribution in [1.82, 2.24) is 83.0 Å². The predicted molar refractivity (Wildman–Crippen MR) is 512 cm³/mol. The van der Waals surface area contributed by atoms with Crippen LogP contribution in [0.3, 0.4) is 0 Å². The Labute approximate surface area is 743 Å². The quantitative estimate of drug-likeness (QED) is 0.0443. The van der Waals surface area contributed by atoms with Gasteiger partial charge in [-0.3, -0.25) is 36.2 Å². The Kier molecular flexibility index (Phi) is 38.4. The van der Waals surface area contributed by atoms with Gasteiger partial charge in [-0.2, -0.15) is 15.0 Å². The number of aliphatic imine (C=N–C) groups is 14. The van der Waals surface area contributed by atoms with E-state index in [4.69, 9.17) is 46.3 Å². The Balaban J connectivity index is 0.000000182. The lowest BCUT2D eigenvalue weighted by Gasteiger charge is -2.26. The number of nitrogens with two attached hydrogens (primary N) is 5. The second-order valence-corrected chi connectivity index (χ2v) is 31.9. The average molecular weight is 1740 g/mol. The molecule has 0 amide bonds. The van der Waals surface area contributed by atoms with Crippen molar-refractivity contribution in [3.63, 3.8) is 0 Å². The van der Waals surface area contributed by atoms with Crippen molar-refractivity contribution >= 4 is 83.4 Å². The minimum Gasteiger partial charge on any atom is -0.469 e. The molecule has 11 heterocycles. The van der Waals surface area contributed by atoms with Crippen LogP contribution in [-0.2, 0) is 25.7 Å². The van der Waals surface area contributed by atoms with Crippen molar-refractivity contribution in [2.75, 3.05) is 95.1 Å². The van der Waals surface area contributed by atoms with Gasteiger partial charge in [-0.25, -0.2) is 39.9 Å². The molecule has 0 saturated heterocycles. The van der Waals surface area contributed by atoms with Gasteiger partial charge in [0.2, 0.25) is 41.7 Å². The fourth-order valence-corrected chi connectivity index (χ4v) is 13.4. The number of hydrogen-bond donors (Lipinski definition) is 16. The minimum atomic E-state index is -0.126. The zero-order valence-electron chi connectivity index (χ0n) is 77.7. The minimum absolute atomic E-state index is 0.00715. The molecule has 4 aromatic rings. The average Bonchev–Trinajstić information content (AvgIpc) is 1.54. The van der Waals surface area contributed by atoms with Gasteiger partial charge in [0.15, 0.2) is 41.7 Å². The summed E-state index contributed by atoms with van der Waals surface area (Å²) in [6, 6.07) is 8.05. The number of guanidine groups is 14. The summed E-state index contributed by atoms with van der Waals surface area (Å²) in [6.45, 7) is 33.6. The highest BCUT2D eigenvalue weighted by Crippen LogP contribution is 2.24. The Hall–Kier alpha value is -13.3. The van der Waals surface area contributed by atoms with Gasteiger partial charge >= 0.3 is 0 Å². The van der Waals surface area contributed by atoms with Gasteiger partial charge in [0.05, 0.1) is 31.2 Å². The first-order valence-corrected chi connectivity index (χ1v) is 43.0. The molecule has 4 aromatic heterocycles. The fraction of sp³-hybridized carbons (Fsp3) is 0.517. The highest BCUT2D eigenvalue weighted by Gasteiger charge is 2.23. The molecule has 0 saturated carbocycles. The molecule has 3 aliphatic carbocycles. The molecule has 0 radical (unpaired) electrons. The summed E-state index contributed by atoms with van der Waals surface area (Å²) < 4.78 is 21.0. The van der Waals surface area contributed by atoms with Gasteiger partial charge in [0.1, 0.15) is 60.0 Å². The van der Waals surface area contributed by atoms with Crippen LogP contribution in [0.5, 0.6) is 0 Å². The molecular weight excluding hydrogens is 1600 g/mol. The van der Waals surface area contributed by atoms with Crippen LogP contribution in [0.1, 0.15) is 153 Å². The van der Waals surface area contributed by atoms with Gasteiger partial charge in [-0.05, 0) is 224 Å². The van der Waals surface area contributed by atoms with E-state index < -0.39 is 0 Å². The number of nitrogens with zero attached hydrogens (tertiary/aromatic N) is 19. The van der Waals surface area contributed by atoms with Crippen LogP contribution in [0, 0.1) is 27.7 Å². The second kappa shape index (κ2) is 49.3. The molecule has 7 aliphatic heterocycles. The third-order valence-corrected chi connectivity index (χ3v) is 20.4. The second-order valence-electron chi connectivity index (χ2n) is 31.9. The maximum Gasteiger partial charge on any atom is 0.225 e. The van der Waals surface area contributed by atoms with Crippen LogP contribution in [0.2, 0.25) is 0 Å². The highest BCUT2D eigenvalue weighted by molar-refractivity contribution is 6.02. The van der Waals surface area contributed by atoms with E-state index in [1.54, 1.807) is 25.1 Å². The van der Waals surface area contributed by atoms with Crippen molar-refractivity contribution < 1.29 is 17.7 Å². The standard InChI is InChI=1S/C14H23N5.C13H21N5O.C13H21N5.2C12H19N5O.C12H19N5.C11H17N5O/c1-10-6-5-7-12(10)8-9-15-13-16-11(2)17-14(18-13)19(3)4;1-9-11(6-8-19-9)5-7-14-12-15-10(2)16-13(17-12)18(3)4;1-9-5-4-6-11(9)7-8-18(3)13-16-10(2)15-12(14)17-13;1-8-10(5-7-18-8)4-6-17(3)12-15-9(2)14-11(13)16-12;1-8-6-10(7-18-8)4-5-17(3)12-15-9(2)14-11(13)16-12;1-8-4-3-5-10(8)6-7-14-12-16-9(2)15-11(13)17-12;1-7-5-9(6-17-7)3-4-13-11-15-8(2)14-10(12)16-11/h6-7,11H,5,8-9H2,1-4H3,(H2,15,16,17,18);6,8,10H,5,7H2,1-4H3,(H2,14,15,16,17);5-6,10H,4,7-8H2,1-3H3,(H3,14,15,16,17);5,7,9H,4,6H2,1-3H3,(H3,13,14,15,16);6-7,9H,4-5H2,1-3H3,(H3,13,14,15,16);4-5,9H,3,6-7H2,1-2H3,(H4,13,14,15,16,17);5-6,8H,3-4H2,1-2H3,(H4,12,13,14,15,16). The van der Waals surface area contributed by atoms with Crippen LogP contribution >= 0.6 is 0 Å². The lowest BCUT2D eigenvalue weighted by Crippen LogP contribution is -2.53. The first kappa shape index (κ1) is 98.2. The largest absolute Gasteiger partial charge is 0.469 e. The number of rotatable bonds is 21. The molecule has 10 aliphatic rings. The fourth-order valence-electron chi connectivity index (χ4n) is 13.4. The molecule has 39 heteroatoms. The zero-order valence-corrected chi connectivity index (χ0v) is 77.7. The summed E-state index contributed by atoms with van der Waals surface area (Å²) in [5.41, 5.74) is 41.5. The Bertz CT molecular complexity index is 4900.